The van der Waals surface area contributed by atoms with E-state index in [9.17, 15) is 0 Å². The van der Waals surface area contributed by atoms with Crippen molar-refractivity contribution in [2.24, 2.45) is 0 Å². The third-order valence-corrected chi connectivity index (χ3v) is 8.93. The van der Waals surface area contributed by atoms with Crippen LogP contribution in [-0.2, 0) is 0 Å². The Bertz CT molecular complexity index is 2500. The zero-order valence-corrected chi connectivity index (χ0v) is 28.4. The van der Waals surface area contributed by atoms with Gasteiger partial charge < -0.3 is 8.83 Å². The van der Waals surface area contributed by atoms with Gasteiger partial charge in [0.15, 0.2) is 0 Å². The summed E-state index contributed by atoms with van der Waals surface area (Å²) in [6.07, 6.45) is 9.35. The molecule has 0 radical (unpaired) electrons. The van der Waals surface area contributed by atoms with Gasteiger partial charge >= 0.3 is 0 Å². The highest BCUT2D eigenvalue weighted by Gasteiger charge is 2.19. The van der Waals surface area contributed by atoms with Crippen LogP contribution < -0.4 is 0 Å². The third-order valence-electron chi connectivity index (χ3n) is 8.93. The molecule has 53 heavy (non-hydrogen) atoms. The Labute approximate surface area is 305 Å². The van der Waals surface area contributed by atoms with E-state index < -0.39 is 0 Å². The van der Waals surface area contributed by atoms with Crippen molar-refractivity contribution < 1.29 is 8.83 Å². The van der Waals surface area contributed by atoms with Gasteiger partial charge in [-0.2, -0.15) is 0 Å². The van der Waals surface area contributed by atoms with Crippen molar-refractivity contribution in [3.63, 3.8) is 0 Å². The van der Waals surface area contributed by atoms with Crippen LogP contribution >= 0.6 is 0 Å². The van der Waals surface area contributed by atoms with E-state index in [1.165, 1.54) is 0 Å². The van der Waals surface area contributed by atoms with Gasteiger partial charge in [0.1, 0.15) is 11.4 Å². The number of aromatic nitrogens is 6. The summed E-state index contributed by atoms with van der Waals surface area (Å²) in [5.41, 5.74) is 10.6. The summed E-state index contributed by atoms with van der Waals surface area (Å²) in [5, 5.41) is 17.7. The van der Waals surface area contributed by atoms with Crippen molar-refractivity contribution in [3.8, 4) is 68.6 Å². The van der Waals surface area contributed by atoms with Crippen molar-refractivity contribution in [3.05, 3.63) is 181 Å². The number of nitrogens with zero attached hydrogens (tertiary/aromatic N) is 6. The molecule has 0 N–H and O–H groups in total. The second-order valence-electron chi connectivity index (χ2n) is 12.5. The molecule has 0 atom stereocenters. The Kier molecular flexibility index (Phi) is 8.44. The molecule has 0 spiro atoms. The first kappa shape index (κ1) is 31.6. The molecule has 0 amide bonds. The summed E-state index contributed by atoms with van der Waals surface area (Å²) in [7, 11) is 0. The molecule has 1 aliphatic rings. The molecule has 8 heteroatoms. The minimum atomic E-state index is 0.321. The van der Waals surface area contributed by atoms with E-state index in [1.54, 1.807) is 0 Å². The fourth-order valence-corrected chi connectivity index (χ4v) is 6.26. The molecule has 0 aliphatic heterocycles. The van der Waals surface area contributed by atoms with E-state index in [0.717, 1.165) is 44.8 Å². The average Bonchev–Trinajstić information content (AvgIpc) is 3.88. The first-order chi connectivity index (χ1) is 26.2. The fourth-order valence-electron chi connectivity index (χ4n) is 6.26. The summed E-state index contributed by atoms with van der Waals surface area (Å²) in [6.45, 7) is 0. The van der Waals surface area contributed by atoms with Gasteiger partial charge in [-0.25, -0.2) is 9.97 Å². The predicted molar refractivity (Wildman–Crippen MR) is 207 cm³/mol. The second kappa shape index (κ2) is 14.1. The van der Waals surface area contributed by atoms with Crippen LogP contribution in [0.15, 0.2) is 179 Å². The van der Waals surface area contributed by atoms with Gasteiger partial charge in [-0.1, -0.05) is 127 Å². The molecule has 252 valence electrons. The van der Waals surface area contributed by atoms with Gasteiger partial charge in [-0.05, 0) is 71.2 Å². The minimum absolute atomic E-state index is 0.321. The maximum absolute atomic E-state index is 6.30. The lowest BCUT2D eigenvalue weighted by atomic mass is 9.97. The van der Waals surface area contributed by atoms with Gasteiger partial charge in [0.2, 0.25) is 11.8 Å². The zero-order chi connectivity index (χ0) is 35.4. The molecular weight excluding hydrogens is 657 g/mol. The van der Waals surface area contributed by atoms with Gasteiger partial charge in [0, 0.05) is 22.3 Å². The monoisotopic (exact) mass is 686 g/mol. The highest BCUT2D eigenvalue weighted by Crippen LogP contribution is 2.35. The van der Waals surface area contributed by atoms with Crippen LogP contribution in [0.4, 0.5) is 0 Å². The number of pyridine rings is 2. The fraction of sp³-hybridized carbons (Fsp3) is 0.0222. The quantitative estimate of drug-likeness (QED) is 0.156. The molecule has 4 heterocycles. The molecular formula is C45H30N6O2. The van der Waals surface area contributed by atoms with E-state index in [1.807, 2.05) is 121 Å². The molecule has 0 fully saturated rings. The summed E-state index contributed by atoms with van der Waals surface area (Å²) in [5.74, 6) is 1.33. The number of benzene rings is 4. The van der Waals surface area contributed by atoms with Crippen LogP contribution in [0.25, 0.3) is 79.7 Å². The van der Waals surface area contributed by atoms with Crippen LogP contribution in [-0.4, -0.2) is 30.4 Å². The standard InChI is InChI=1S/C45H30N6O2/c1-4-13-30(14-5-1)31-19-10-20-32(26-25-31)35-27-36(42-48-50-44(52-42)40-23-11-21-38(46-40)33-15-6-2-7-16-33)29-37(28-35)43-49-51-45(53-43)41-24-12-22-39(47-41)34-17-8-3-9-18-34/h1-19,21-29H,20H2. The first-order valence-corrected chi connectivity index (χ1v) is 17.3. The van der Waals surface area contributed by atoms with Crippen molar-refractivity contribution in [2.75, 3.05) is 0 Å². The van der Waals surface area contributed by atoms with Crippen LogP contribution in [0.2, 0.25) is 0 Å². The molecule has 0 bridgehead atoms. The summed E-state index contributed by atoms with van der Waals surface area (Å²) >= 11 is 0. The van der Waals surface area contributed by atoms with Crippen molar-refractivity contribution >= 4 is 11.1 Å². The minimum Gasteiger partial charge on any atom is -0.415 e. The Morgan fingerprint density at radius 1 is 0.377 bits per heavy atom. The number of hydrogen-bond donors (Lipinski definition) is 0. The lowest BCUT2D eigenvalue weighted by Gasteiger charge is -2.08. The second-order valence-corrected chi connectivity index (χ2v) is 12.5. The normalized spacial score (nSPS) is 12.6. The van der Waals surface area contributed by atoms with E-state index in [-0.39, 0.29) is 0 Å². The average molecular weight is 687 g/mol. The van der Waals surface area contributed by atoms with E-state index >= 15 is 0 Å². The number of allylic oxidation sites excluding steroid dienone is 6. The molecule has 0 saturated heterocycles. The molecule has 4 aromatic heterocycles. The predicted octanol–water partition coefficient (Wildman–Crippen LogP) is 10.7. The largest absolute Gasteiger partial charge is 0.415 e. The van der Waals surface area contributed by atoms with E-state index in [4.69, 9.17) is 18.8 Å². The molecule has 9 rings (SSSR count). The number of rotatable bonds is 8. The first-order valence-electron chi connectivity index (χ1n) is 17.3. The Hall–Kier alpha value is -7.32. The molecule has 0 saturated carbocycles. The maximum Gasteiger partial charge on any atom is 0.266 e. The van der Waals surface area contributed by atoms with E-state index in [0.29, 0.717) is 52.5 Å². The molecule has 8 aromatic rings. The third kappa shape index (κ3) is 6.77. The SMILES string of the molecule is C1=CC(c2ccccc2)=CC=C(c2cc(-c3nnc(-c4cccc(-c5ccccc5)n4)o3)cc(-c3nnc(-c4cccc(-c5ccccc5)n4)o3)c2)C1. The van der Waals surface area contributed by atoms with Crippen molar-refractivity contribution in [1.29, 1.82) is 0 Å². The summed E-state index contributed by atoms with van der Waals surface area (Å²) in [6, 6.07) is 47.9. The van der Waals surface area contributed by atoms with Crippen molar-refractivity contribution in [2.45, 2.75) is 6.42 Å². The summed E-state index contributed by atoms with van der Waals surface area (Å²) < 4.78 is 12.6. The van der Waals surface area contributed by atoms with Gasteiger partial charge in [0.05, 0.1) is 11.4 Å². The Balaban J connectivity index is 1.10. The van der Waals surface area contributed by atoms with Gasteiger partial charge in [-0.15, -0.1) is 20.4 Å². The van der Waals surface area contributed by atoms with Crippen LogP contribution in [0.1, 0.15) is 17.5 Å². The number of hydrogen-bond acceptors (Lipinski definition) is 8. The highest BCUT2D eigenvalue weighted by atomic mass is 16.4. The smallest absolute Gasteiger partial charge is 0.266 e. The zero-order valence-electron chi connectivity index (χ0n) is 28.4. The van der Waals surface area contributed by atoms with Gasteiger partial charge in [-0.3, -0.25) is 0 Å². The topological polar surface area (TPSA) is 104 Å². The molecule has 0 unspecified atom stereocenters. The van der Waals surface area contributed by atoms with E-state index in [2.05, 4.69) is 69.0 Å². The van der Waals surface area contributed by atoms with Gasteiger partial charge in [0.25, 0.3) is 11.8 Å². The van der Waals surface area contributed by atoms with Crippen molar-refractivity contribution in [1.82, 2.24) is 30.4 Å². The van der Waals surface area contributed by atoms with Crippen LogP contribution in [0.3, 0.4) is 0 Å². The molecule has 4 aromatic carbocycles. The molecule has 1 aliphatic carbocycles. The summed E-state index contributed by atoms with van der Waals surface area (Å²) in [4.78, 5) is 9.63. The van der Waals surface area contributed by atoms with Crippen LogP contribution in [0, 0.1) is 0 Å². The lowest BCUT2D eigenvalue weighted by molar-refractivity contribution is 0.580. The Morgan fingerprint density at radius 2 is 0.830 bits per heavy atom. The maximum atomic E-state index is 6.30. The Morgan fingerprint density at radius 3 is 1.36 bits per heavy atom. The lowest BCUT2D eigenvalue weighted by Crippen LogP contribution is -1.90. The molecule has 8 nitrogen and oxygen atoms in total. The van der Waals surface area contributed by atoms with Crippen LogP contribution in [0.5, 0.6) is 0 Å². The highest BCUT2D eigenvalue weighted by molar-refractivity contribution is 5.83.